The minimum absolute atomic E-state index is 0.0282. The molecular formula is C19H25N5O. The molecule has 6 nitrogen and oxygen atoms in total. The fraction of sp³-hybridized carbons (Fsp3) is 0.526. The standard InChI is InChI=1S/C19H25N5O/c1-14-4-3-5-16(20-14)11-24-9-8-19(13-24)10-17(12-25-19)21-18-7-6-15(2)22-23-18/h3-7,17H,8-13H2,1-2H3,(H,21,23). The fourth-order valence-corrected chi connectivity index (χ4v) is 3.89. The van der Waals surface area contributed by atoms with E-state index in [-0.39, 0.29) is 5.60 Å². The SMILES string of the molecule is Cc1ccc(NC2COC3(CCN(Cc4cccc(C)n4)C3)C2)nn1. The molecule has 4 rings (SSSR count). The molecule has 2 fully saturated rings. The lowest BCUT2D eigenvalue weighted by Crippen LogP contribution is -2.33. The number of aryl methyl sites for hydroxylation is 2. The summed E-state index contributed by atoms with van der Waals surface area (Å²) in [6.07, 6.45) is 2.09. The predicted octanol–water partition coefficient (Wildman–Crippen LogP) is 2.33. The lowest BCUT2D eigenvalue weighted by molar-refractivity contribution is 0.0119. The average Bonchev–Trinajstić information content (AvgIpc) is 3.16. The van der Waals surface area contributed by atoms with Crippen LogP contribution in [0.4, 0.5) is 5.82 Å². The van der Waals surface area contributed by atoms with E-state index >= 15 is 0 Å². The first-order valence-corrected chi connectivity index (χ1v) is 8.96. The minimum Gasteiger partial charge on any atom is -0.371 e. The highest BCUT2D eigenvalue weighted by Crippen LogP contribution is 2.36. The number of nitrogens with one attached hydrogen (secondary N) is 1. The molecule has 0 saturated carbocycles. The molecule has 132 valence electrons. The summed E-state index contributed by atoms with van der Waals surface area (Å²) < 4.78 is 6.23. The molecule has 2 aromatic heterocycles. The van der Waals surface area contributed by atoms with Crippen molar-refractivity contribution in [3.05, 3.63) is 47.4 Å². The summed E-state index contributed by atoms with van der Waals surface area (Å²) in [7, 11) is 0. The highest BCUT2D eigenvalue weighted by Gasteiger charge is 2.45. The Morgan fingerprint density at radius 1 is 1.20 bits per heavy atom. The Hall–Kier alpha value is -2.05. The van der Waals surface area contributed by atoms with E-state index in [0.29, 0.717) is 6.04 Å². The summed E-state index contributed by atoms with van der Waals surface area (Å²) >= 11 is 0. The van der Waals surface area contributed by atoms with Gasteiger partial charge in [-0.15, -0.1) is 5.10 Å². The van der Waals surface area contributed by atoms with Gasteiger partial charge in [0.05, 0.1) is 29.6 Å². The first-order valence-electron chi connectivity index (χ1n) is 8.96. The maximum atomic E-state index is 6.23. The van der Waals surface area contributed by atoms with Gasteiger partial charge in [0, 0.05) is 31.7 Å². The molecule has 0 aromatic carbocycles. The van der Waals surface area contributed by atoms with E-state index in [1.807, 2.05) is 32.0 Å². The molecule has 2 aliphatic heterocycles. The van der Waals surface area contributed by atoms with Gasteiger partial charge in [0.15, 0.2) is 0 Å². The zero-order chi connectivity index (χ0) is 17.3. The van der Waals surface area contributed by atoms with Gasteiger partial charge in [-0.3, -0.25) is 9.88 Å². The maximum Gasteiger partial charge on any atom is 0.148 e. The van der Waals surface area contributed by atoms with Crippen LogP contribution in [0, 0.1) is 13.8 Å². The molecule has 6 heteroatoms. The van der Waals surface area contributed by atoms with Gasteiger partial charge in [-0.2, -0.15) is 5.10 Å². The maximum absolute atomic E-state index is 6.23. The van der Waals surface area contributed by atoms with E-state index in [1.165, 1.54) is 0 Å². The molecule has 2 atom stereocenters. The van der Waals surface area contributed by atoms with Gasteiger partial charge >= 0.3 is 0 Å². The molecule has 0 aliphatic carbocycles. The van der Waals surface area contributed by atoms with Crippen LogP contribution in [-0.4, -0.2) is 51.4 Å². The smallest absolute Gasteiger partial charge is 0.148 e. The number of hydrogen-bond donors (Lipinski definition) is 1. The Balaban J connectivity index is 1.34. The van der Waals surface area contributed by atoms with Crippen LogP contribution in [-0.2, 0) is 11.3 Å². The van der Waals surface area contributed by atoms with Crippen molar-refractivity contribution in [3.8, 4) is 0 Å². The molecule has 4 heterocycles. The molecule has 25 heavy (non-hydrogen) atoms. The Labute approximate surface area is 148 Å². The van der Waals surface area contributed by atoms with E-state index < -0.39 is 0 Å². The summed E-state index contributed by atoms with van der Waals surface area (Å²) in [6.45, 7) is 7.65. The largest absolute Gasteiger partial charge is 0.371 e. The number of ether oxygens (including phenoxy) is 1. The van der Waals surface area contributed by atoms with E-state index in [2.05, 4.69) is 37.5 Å². The van der Waals surface area contributed by atoms with E-state index in [9.17, 15) is 0 Å². The zero-order valence-electron chi connectivity index (χ0n) is 14.9. The van der Waals surface area contributed by atoms with Gasteiger partial charge in [0.2, 0.25) is 0 Å². The average molecular weight is 339 g/mol. The van der Waals surface area contributed by atoms with Crippen LogP contribution >= 0.6 is 0 Å². The number of anilines is 1. The van der Waals surface area contributed by atoms with E-state index in [1.54, 1.807) is 0 Å². The molecule has 0 bridgehead atoms. The fourth-order valence-electron chi connectivity index (χ4n) is 3.89. The normalized spacial score (nSPS) is 26.4. The number of nitrogens with zero attached hydrogens (tertiary/aromatic N) is 4. The number of aromatic nitrogens is 3. The van der Waals surface area contributed by atoms with Crippen LogP contribution in [0.3, 0.4) is 0 Å². The van der Waals surface area contributed by atoms with Crippen molar-refractivity contribution in [2.45, 2.75) is 44.9 Å². The third-order valence-electron chi connectivity index (χ3n) is 5.09. The van der Waals surface area contributed by atoms with Gasteiger partial charge in [0.1, 0.15) is 5.82 Å². The van der Waals surface area contributed by atoms with Crippen LogP contribution < -0.4 is 5.32 Å². The van der Waals surface area contributed by atoms with Crippen LogP contribution in [0.5, 0.6) is 0 Å². The molecule has 2 aliphatic rings. The van der Waals surface area contributed by atoms with Gasteiger partial charge in [-0.25, -0.2) is 0 Å². The van der Waals surface area contributed by atoms with Crippen molar-refractivity contribution in [1.29, 1.82) is 0 Å². The van der Waals surface area contributed by atoms with Crippen molar-refractivity contribution in [2.75, 3.05) is 25.0 Å². The molecule has 2 unspecified atom stereocenters. The minimum atomic E-state index is -0.0282. The number of pyridine rings is 1. The second-order valence-electron chi connectivity index (χ2n) is 7.33. The first kappa shape index (κ1) is 16.4. The molecular weight excluding hydrogens is 314 g/mol. The molecule has 1 spiro atoms. The van der Waals surface area contributed by atoms with Crippen LogP contribution in [0.1, 0.15) is 29.9 Å². The lowest BCUT2D eigenvalue weighted by atomic mass is 9.97. The van der Waals surface area contributed by atoms with Crippen molar-refractivity contribution in [3.63, 3.8) is 0 Å². The summed E-state index contributed by atoms with van der Waals surface area (Å²) in [4.78, 5) is 7.07. The van der Waals surface area contributed by atoms with Crippen molar-refractivity contribution < 1.29 is 4.74 Å². The molecule has 1 N–H and O–H groups in total. The summed E-state index contributed by atoms with van der Waals surface area (Å²) in [5.41, 5.74) is 3.12. The quantitative estimate of drug-likeness (QED) is 0.922. The van der Waals surface area contributed by atoms with Crippen LogP contribution in [0.2, 0.25) is 0 Å². The second-order valence-corrected chi connectivity index (χ2v) is 7.33. The third kappa shape index (κ3) is 3.80. The molecule has 0 amide bonds. The Morgan fingerprint density at radius 3 is 2.92 bits per heavy atom. The summed E-state index contributed by atoms with van der Waals surface area (Å²) in [5, 5.41) is 11.8. The number of hydrogen-bond acceptors (Lipinski definition) is 6. The Kier molecular flexibility index (Phi) is 4.39. The highest BCUT2D eigenvalue weighted by molar-refractivity contribution is 5.34. The Bertz CT molecular complexity index is 735. The lowest BCUT2D eigenvalue weighted by Gasteiger charge is -2.23. The van der Waals surface area contributed by atoms with E-state index in [0.717, 1.165) is 62.0 Å². The van der Waals surface area contributed by atoms with Crippen molar-refractivity contribution in [2.24, 2.45) is 0 Å². The topological polar surface area (TPSA) is 63.2 Å². The van der Waals surface area contributed by atoms with E-state index in [4.69, 9.17) is 4.74 Å². The van der Waals surface area contributed by atoms with Gasteiger partial charge in [0.25, 0.3) is 0 Å². The van der Waals surface area contributed by atoms with Crippen molar-refractivity contribution in [1.82, 2.24) is 20.1 Å². The molecule has 2 saturated heterocycles. The number of rotatable bonds is 4. The second kappa shape index (κ2) is 6.69. The third-order valence-corrected chi connectivity index (χ3v) is 5.09. The summed E-state index contributed by atoms with van der Waals surface area (Å²) in [5.74, 6) is 0.829. The molecule has 2 aromatic rings. The van der Waals surface area contributed by atoms with Crippen LogP contribution in [0.25, 0.3) is 0 Å². The van der Waals surface area contributed by atoms with Crippen LogP contribution in [0.15, 0.2) is 30.3 Å². The van der Waals surface area contributed by atoms with Crippen molar-refractivity contribution >= 4 is 5.82 Å². The zero-order valence-corrected chi connectivity index (χ0v) is 14.9. The number of likely N-dealkylation sites (tertiary alicyclic amines) is 1. The highest BCUT2D eigenvalue weighted by atomic mass is 16.5. The monoisotopic (exact) mass is 339 g/mol. The predicted molar refractivity (Wildman–Crippen MR) is 96.3 cm³/mol. The molecule has 0 radical (unpaired) electrons. The van der Waals surface area contributed by atoms with Gasteiger partial charge in [-0.05, 0) is 44.5 Å². The summed E-state index contributed by atoms with van der Waals surface area (Å²) in [6, 6.07) is 10.5. The first-order chi connectivity index (χ1) is 12.1. The van der Waals surface area contributed by atoms with Gasteiger partial charge < -0.3 is 10.1 Å². The van der Waals surface area contributed by atoms with Gasteiger partial charge in [-0.1, -0.05) is 6.07 Å². The Morgan fingerprint density at radius 2 is 2.12 bits per heavy atom.